The molecule has 11 heteroatoms. The molecule has 0 saturated carbocycles. The maximum absolute atomic E-state index is 13.1. The van der Waals surface area contributed by atoms with E-state index in [9.17, 15) is 24.0 Å². The average Bonchev–Trinajstić information content (AvgIpc) is 2.86. The molecule has 0 unspecified atom stereocenters. The van der Waals surface area contributed by atoms with E-state index in [0.29, 0.717) is 0 Å². The van der Waals surface area contributed by atoms with Crippen LogP contribution in [-0.2, 0) is 35.3 Å². The van der Waals surface area contributed by atoms with Crippen LogP contribution in [0.1, 0.15) is 54.0 Å². The van der Waals surface area contributed by atoms with Gasteiger partial charge in [-0.25, -0.2) is 9.59 Å². The first-order chi connectivity index (χ1) is 17.8. The lowest BCUT2D eigenvalue weighted by Crippen LogP contribution is -2.60. The summed E-state index contributed by atoms with van der Waals surface area (Å²) in [6.07, 6.45) is -0.774. The quantitative estimate of drug-likeness (QED) is 0.282. The summed E-state index contributed by atoms with van der Waals surface area (Å²) in [6, 6.07) is 5.29. The largest absolute Gasteiger partial charge is 0.467 e. The van der Waals surface area contributed by atoms with Gasteiger partial charge < -0.3 is 30.7 Å². The fourth-order valence-corrected chi connectivity index (χ4v) is 3.47. The fraction of sp³-hybridized carbons (Fsp3) is 0.593. The minimum absolute atomic E-state index is 0.0460. The van der Waals surface area contributed by atoms with Gasteiger partial charge in [-0.3, -0.25) is 14.4 Å². The average molecular weight is 535 g/mol. The summed E-state index contributed by atoms with van der Waals surface area (Å²) in [5, 5.41) is 10.4. The third-order valence-corrected chi connectivity index (χ3v) is 5.85. The van der Waals surface area contributed by atoms with Crippen LogP contribution < -0.4 is 21.3 Å². The normalized spacial score (nSPS) is 14.2. The van der Waals surface area contributed by atoms with E-state index in [1.807, 2.05) is 18.2 Å². The minimum atomic E-state index is -0.984. The number of hydrogen-bond donors (Lipinski definition) is 4. The van der Waals surface area contributed by atoms with Gasteiger partial charge in [-0.15, -0.1) is 0 Å². The number of methoxy groups -OCH3 is 1. The molecule has 4 amide bonds. The Morgan fingerprint density at radius 1 is 0.658 bits per heavy atom. The van der Waals surface area contributed by atoms with Gasteiger partial charge in [-0.1, -0.05) is 71.9 Å². The van der Waals surface area contributed by atoms with Gasteiger partial charge in [0.2, 0.25) is 17.7 Å². The number of amides is 4. The third-order valence-electron chi connectivity index (χ3n) is 5.85. The van der Waals surface area contributed by atoms with Gasteiger partial charge in [0.15, 0.2) is 0 Å². The van der Waals surface area contributed by atoms with Crippen molar-refractivity contribution in [1.29, 1.82) is 0 Å². The molecular formula is C27H42N4O7. The van der Waals surface area contributed by atoms with Gasteiger partial charge in [0.05, 0.1) is 7.11 Å². The zero-order chi connectivity index (χ0) is 29.0. The molecule has 0 saturated heterocycles. The minimum Gasteiger partial charge on any atom is -0.467 e. The Morgan fingerprint density at radius 3 is 1.55 bits per heavy atom. The van der Waals surface area contributed by atoms with Gasteiger partial charge >= 0.3 is 12.1 Å². The van der Waals surface area contributed by atoms with Crippen LogP contribution >= 0.6 is 0 Å². The zero-order valence-electron chi connectivity index (χ0n) is 23.5. The molecule has 11 nitrogen and oxygen atoms in total. The van der Waals surface area contributed by atoms with Gasteiger partial charge in [-0.2, -0.15) is 0 Å². The number of benzene rings is 1. The summed E-state index contributed by atoms with van der Waals surface area (Å²) in [5.74, 6) is -3.16. The molecule has 0 fully saturated rings. The topological polar surface area (TPSA) is 152 Å². The highest BCUT2D eigenvalue weighted by molar-refractivity contribution is 5.95. The van der Waals surface area contributed by atoms with E-state index in [4.69, 9.17) is 9.47 Å². The summed E-state index contributed by atoms with van der Waals surface area (Å²) in [5.41, 5.74) is 0.798. The Bertz CT molecular complexity index is 950. The van der Waals surface area contributed by atoms with Crippen LogP contribution in [0.2, 0.25) is 0 Å². The Kier molecular flexibility index (Phi) is 13.3. The number of ether oxygens (including phenoxy) is 2. The monoisotopic (exact) mass is 534 g/mol. The maximum atomic E-state index is 13.1. The molecule has 212 valence electrons. The predicted molar refractivity (Wildman–Crippen MR) is 142 cm³/mol. The molecule has 38 heavy (non-hydrogen) atoms. The van der Waals surface area contributed by atoms with Gasteiger partial charge in [-0.05, 0) is 30.2 Å². The van der Waals surface area contributed by atoms with Crippen LogP contribution in [0.3, 0.4) is 0 Å². The fourth-order valence-electron chi connectivity index (χ4n) is 3.47. The van der Waals surface area contributed by atoms with Crippen molar-refractivity contribution in [1.82, 2.24) is 21.3 Å². The molecule has 1 rings (SSSR count). The second-order valence-corrected chi connectivity index (χ2v) is 10.1. The number of esters is 1. The van der Waals surface area contributed by atoms with Crippen LogP contribution in [-0.4, -0.2) is 61.1 Å². The standard InChI is InChI=1S/C27H42N4O7/c1-15(2)20(29-23(32)18(7)28-27(36)38-14-19-12-10-9-11-13-19)24(33)30-21(16(3)4)25(34)31-22(17(5)6)26(35)37-8/h9-13,15-18,20-22H,14H2,1-8H3,(H,28,36)(H,29,32)(H,30,33)(H,31,34)/t18-,20+,21-,22+/m0/s1. The summed E-state index contributed by atoms with van der Waals surface area (Å²) in [4.78, 5) is 63.1. The Labute approximate surface area is 224 Å². The maximum Gasteiger partial charge on any atom is 0.408 e. The van der Waals surface area contributed by atoms with Crippen LogP contribution in [0.15, 0.2) is 30.3 Å². The Hall–Kier alpha value is -3.63. The summed E-state index contributed by atoms with van der Waals surface area (Å²) in [6.45, 7) is 12.0. The first kappa shape index (κ1) is 32.4. The van der Waals surface area contributed by atoms with E-state index in [-0.39, 0.29) is 24.4 Å². The van der Waals surface area contributed by atoms with Crippen molar-refractivity contribution < 1.29 is 33.4 Å². The number of carbonyl (C=O) groups excluding carboxylic acids is 5. The summed E-state index contributed by atoms with van der Waals surface area (Å²) >= 11 is 0. The van der Waals surface area contributed by atoms with Crippen molar-refractivity contribution in [3.63, 3.8) is 0 Å². The lowest BCUT2D eigenvalue weighted by Gasteiger charge is -2.29. The lowest BCUT2D eigenvalue weighted by atomic mass is 9.98. The molecule has 0 aromatic heterocycles. The van der Waals surface area contributed by atoms with E-state index in [1.54, 1.807) is 53.7 Å². The summed E-state index contributed by atoms with van der Waals surface area (Å²) < 4.78 is 9.91. The molecule has 1 aromatic carbocycles. The highest BCUT2D eigenvalue weighted by Crippen LogP contribution is 2.10. The summed E-state index contributed by atoms with van der Waals surface area (Å²) in [7, 11) is 1.24. The highest BCUT2D eigenvalue weighted by atomic mass is 16.5. The molecule has 0 aliphatic carbocycles. The zero-order valence-corrected chi connectivity index (χ0v) is 23.5. The van der Waals surface area contributed by atoms with E-state index in [2.05, 4.69) is 21.3 Å². The van der Waals surface area contributed by atoms with E-state index in [0.717, 1.165) is 5.56 Å². The SMILES string of the molecule is COC(=O)[C@H](NC(=O)[C@@H](NC(=O)[C@H](NC(=O)[C@H](C)NC(=O)OCc1ccccc1)C(C)C)C(C)C)C(C)C. The van der Waals surface area contributed by atoms with Crippen molar-refractivity contribution >= 4 is 29.8 Å². The molecule has 0 radical (unpaired) electrons. The van der Waals surface area contributed by atoms with Crippen LogP contribution in [0.5, 0.6) is 0 Å². The predicted octanol–water partition coefficient (Wildman–Crippen LogP) is 1.90. The van der Waals surface area contributed by atoms with Gasteiger partial charge in [0.1, 0.15) is 30.8 Å². The second kappa shape index (κ2) is 15.6. The molecular weight excluding hydrogens is 492 g/mol. The van der Waals surface area contributed by atoms with Crippen LogP contribution in [0, 0.1) is 17.8 Å². The van der Waals surface area contributed by atoms with Crippen molar-refractivity contribution in [3.8, 4) is 0 Å². The Morgan fingerprint density at radius 2 is 1.11 bits per heavy atom. The van der Waals surface area contributed by atoms with Gasteiger partial charge in [0.25, 0.3) is 0 Å². The van der Waals surface area contributed by atoms with E-state index < -0.39 is 54.0 Å². The lowest BCUT2D eigenvalue weighted by molar-refractivity contribution is -0.147. The molecule has 0 heterocycles. The molecule has 0 spiro atoms. The first-order valence-corrected chi connectivity index (χ1v) is 12.7. The second-order valence-electron chi connectivity index (χ2n) is 10.1. The Balaban J connectivity index is 2.80. The number of carbonyl (C=O) groups is 5. The molecule has 1 aromatic rings. The molecule has 4 atom stereocenters. The van der Waals surface area contributed by atoms with Crippen molar-refractivity contribution in [2.24, 2.45) is 17.8 Å². The first-order valence-electron chi connectivity index (χ1n) is 12.7. The molecule has 0 aliphatic heterocycles. The molecule has 4 N–H and O–H groups in total. The van der Waals surface area contributed by atoms with E-state index >= 15 is 0 Å². The van der Waals surface area contributed by atoms with Crippen molar-refractivity contribution in [3.05, 3.63) is 35.9 Å². The van der Waals surface area contributed by atoms with Crippen LogP contribution in [0.4, 0.5) is 4.79 Å². The number of rotatable bonds is 13. The van der Waals surface area contributed by atoms with Crippen molar-refractivity contribution in [2.45, 2.75) is 79.2 Å². The number of hydrogen-bond acceptors (Lipinski definition) is 7. The van der Waals surface area contributed by atoms with Gasteiger partial charge in [0, 0.05) is 0 Å². The third kappa shape index (κ3) is 10.4. The highest BCUT2D eigenvalue weighted by Gasteiger charge is 2.34. The van der Waals surface area contributed by atoms with Crippen molar-refractivity contribution in [2.75, 3.05) is 7.11 Å². The molecule has 0 bridgehead atoms. The number of nitrogens with one attached hydrogen (secondary N) is 4. The van der Waals surface area contributed by atoms with E-state index in [1.165, 1.54) is 14.0 Å². The van der Waals surface area contributed by atoms with Crippen LogP contribution in [0.25, 0.3) is 0 Å². The smallest absolute Gasteiger partial charge is 0.408 e. The number of alkyl carbamates (subject to hydrolysis) is 1. The molecule has 0 aliphatic rings.